The van der Waals surface area contributed by atoms with E-state index in [0.29, 0.717) is 0 Å². The van der Waals surface area contributed by atoms with Gasteiger partial charge < -0.3 is 0 Å². The lowest BCUT2D eigenvalue weighted by Gasteiger charge is -2.09. The van der Waals surface area contributed by atoms with Crippen LogP contribution in [0.15, 0.2) is 59.5 Å². The third-order valence-corrected chi connectivity index (χ3v) is 5.14. The molecule has 0 heterocycles. The van der Waals surface area contributed by atoms with Crippen LogP contribution in [0.4, 0.5) is 0 Å². The van der Waals surface area contributed by atoms with Crippen LogP contribution in [0.25, 0.3) is 10.8 Å². The van der Waals surface area contributed by atoms with E-state index >= 15 is 0 Å². The molecule has 0 saturated carbocycles. The van der Waals surface area contributed by atoms with Crippen molar-refractivity contribution >= 4 is 22.5 Å². The molecule has 1 nitrogen and oxygen atoms in total. The largest absolute Gasteiger partial charge is 0.290 e. The highest BCUT2D eigenvalue weighted by Crippen LogP contribution is 2.30. The monoisotopic (exact) mass is 307 g/mol. The zero-order chi connectivity index (χ0) is 15.5. The molecule has 0 aromatic heterocycles. The lowest BCUT2D eigenvalue weighted by atomic mass is 10.0. The first-order chi connectivity index (χ1) is 10.6. The van der Waals surface area contributed by atoms with E-state index in [1.54, 1.807) is 6.07 Å². The standard InChI is InChI=1S/C20H19OS/c1-14-13-20(15(2)12-19(14)21)22-11-10-17-8-5-7-16-6-3-4-9-18(16)17/h3-9,12-13H,10-11H2,1-2H3. The van der Waals surface area contributed by atoms with Crippen LogP contribution in [0.3, 0.4) is 0 Å². The van der Waals surface area contributed by atoms with Gasteiger partial charge >= 0.3 is 0 Å². The van der Waals surface area contributed by atoms with E-state index in [2.05, 4.69) is 42.5 Å². The Morgan fingerprint density at radius 3 is 2.55 bits per heavy atom. The van der Waals surface area contributed by atoms with Gasteiger partial charge in [0.05, 0.1) is 0 Å². The SMILES string of the molecule is Cc1cc(SCCc2cccc3ccccc23)c(C)cc1[O]. The van der Waals surface area contributed by atoms with E-state index in [1.165, 1.54) is 21.2 Å². The molecular weight excluding hydrogens is 288 g/mol. The highest BCUT2D eigenvalue weighted by Gasteiger charge is 2.06. The smallest absolute Gasteiger partial charge is 0.181 e. The number of hydrogen-bond acceptors (Lipinski definition) is 1. The Morgan fingerprint density at radius 1 is 0.909 bits per heavy atom. The summed E-state index contributed by atoms with van der Waals surface area (Å²) < 4.78 is 0. The summed E-state index contributed by atoms with van der Waals surface area (Å²) in [6.07, 6.45) is 1.03. The zero-order valence-corrected chi connectivity index (χ0v) is 13.7. The Kier molecular flexibility index (Phi) is 4.39. The van der Waals surface area contributed by atoms with Gasteiger partial charge in [-0.2, -0.15) is 0 Å². The normalized spacial score (nSPS) is 11.0. The van der Waals surface area contributed by atoms with Crippen LogP contribution >= 0.6 is 11.8 Å². The molecule has 3 aromatic rings. The second-order valence-electron chi connectivity index (χ2n) is 5.62. The van der Waals surface area contributed by atoms with Crippen LogP contribution in [0.2, 0.25) is 0 Å². The fraction of sp³-hybridized carbons (Fsp3) is 0.200. The average Bonchev–Trinajstić information content (AvgIpc) is 2.52. The molecule has 0 saturated heterocycles. The van der Waals surface area contributed by atoms with Crippen LogP contribution < -0.4 is 0 Å². The minimum absolute atomic E-state index is 0.135. The molecule has 3 rings (SSSR count). The minimum Gasteiger partial charge on any atom is -0.290 e. The first-order valence-electron chi connectivity index (χ1n) is 7.53. The van der Waals surface area contributed by atoms with Gasteiger partial charge in [0.15, 0.2) is 5.75 Å². The van der Waals surface area contributed by atoms with Crippen molar-refractivity contribution in [2.75, 3.05) is 5.75 Å². The summed E-state index contributed by atoms with van der Waals surface area (Å²) in [4.78, 5) is 1.22. The maximum Gasteiger partial charge on any atom is 0.181 e. The summed E-state index contributed by atoms with van der Waals surface area (Å²) in [5.74, 6) is 1.16. The van der Waals surface area contributed by atoms with Gasteiger partial charge in [0, 0.05) is 10.6 Å². The molecular formula is C20H19OS. The molecule has 0 fully saturated rings. The average molecular weight is 307 g/mol. The molecule has 0 aliphatic carbocycles. The molecule has 0 spiro atoms. The number of benzene rings is 3. The van der Waals surface area contributed by atoms with Gasteiger partial charge in [0.2, 0.25) is 0 Å². The van der Waals surface area contributed by atoms with Crippen molar-refractivity contribution in [3.63, 3.8) is 0 Å². The Bertz CT molecular complexity index is 803. The Hall–Kier alpha value is -1.93. The summed E-state index contributed by atoms with van der Waals surface area (Å²) in [7, 11) is 0. The molecule has 2 heteroatoms. The van der Waals surface area contributed by atoms with E-state index in [9.17, 15) is 5.11 Å². The number of aryl methyl sites for hydroxylation is 3. The molecule has 0 aliphatic heterocycles. The van der Waals surface area contributed by atoms with Crippen molar-refractivity contribution in [3.05, 3.63) is 71.3 Å². The first kappa shape index (κ1) is 15.0. The Balaban J connectivity index is 1.74. The lowest BCUT2D eigenvalue weighted by Crippen LogP contribution is -1.91. The van der Waals surface area contributed by atoms with Gasteiger partial charge in [-0.15, -0.1) is 11.8 Å². The van der Waals surface area contributed by atoms with E-state index in [1.807, 2.05) is 31.7 Å². The highest BCUT2D eigenvalue weighted by atomic mass is 32.2. The summed E-state index contributed by atoms with van der Waals surface area (Å²) in [5.41, 5.74) is 3.30. The van der Waals surface area contributed by atoms with E-state index < -0.39 is 0 Å². The van der Waals surface area contributed by atoms with E-state index in [0.717, 1.165) is 23.3 Å². The number of rotatable bonds is 4. The van der Waals surface area contributed by atoms with Gasteiger partial charge in [0.1, 0.15) is 0 Å². The van der Waals surface area contributed by atoms with Crippen molar-refractivity contribution in [1.82, 2.24) is 0 Å². The molecule has 0 amide bonds. The topological polar surface area (TPSA) is 19.9 Å². The molecule has 0 N–H and O–H groups in total. The van der Waals surface area contributed by atoms with Crippen molar-refractivity contribution in [2.45, 2.75) is 25.2 Å². The van der Waals surface area contributed by atoms with Gasteiger partial charge in [-0.05, 0) is 59.9 Å². The maximum atomic E-state index is 11.6. The fourth-order valence-corrected chi connectivity index (χ4v) is 3.79. The predicted octanol–water partition coefficient (Wildman–Crippen LogP) is 5.94. The zero-order valence-electron chi connectivity index (χ0n) is 12.9. The number of thioether (sulfide) groups is 1. The van der Waals surface area contributed by atoms with Crippen LogP contribution in [0.1, 0.15) is 16.7 Å². The van der Waals surface area contributed by atoms with Crippen molar-refractivity contribution in [1.29, 1.82) is 0 Å². The Labute approximate surface area is 136 Å². The maximum absolute atomic E-state index is 11.6. The van der Waals surface area contributed by atoms with Gasteiger partial charge in [-0.25, -0.2) is 0 Å². The highest BCUT2D eigenvalue weighted by molar-refractivity contribution is 7.99. The minimum atomic E-state index is 0.135. The van der Waals surface area contributed by atoms with Crippen molar-refractivity contribution in [3.8, 4) is 5.75 Å². The lowest BCUT2D eigenvalue weighted by molar-refractivity contribution is 0.351. The van der Waals surface area contributed by atoms with Crippen LogP contribution in [-0.2, 0) is 11.5 Å². The predicted molar refractivity (Wildman–Crippen MR) is 94.4 cm³/mol. The van der Waals surface area contributed by atoms with Gasteiger partial charge in [0.25, 0.3) is 0 Å². The number of hydrogen-bond donors (Lipinski definition) is 0. The van der Waals surface area contributed by atoms with Crippen molar-refractivity contribution < 1.29 is 5.11 Å². The van der Waals surface area contributed by atoms with Crippen molar-refractivity contribution in [2.24, 2.45) is 0 Å². The second kappa shape index (κ2) is 6.45. The van der Waals surface area contributed by atoms with E-state index in [-0.39, 0.29) is 5.75 Å². The van der Waals surface area contributed by atoms with Crippen LogP contribution in [0, 0.1) is 13.8 Å². The summed E-state index contributed by atoms with van der Waals surface area (Å²) in [5, 5.41) is 14.3. The Morgan fingerprint density at radius 2 is 1.68 bits per heavy atom. The molecule has 0 aliphatic rings. The molecule has 0 atom stereocenters. The van der Waals surface area contributed by atoms with Gasteiger partial charge in [-0.1, -0.05) is 42.5 Å². The van der Waals surface area contributed by atoms with Crippen LogP contribution in [0.5, 0.6) is 5.75 Å². The second-order valence-corrected chi connectivity index (χ2v) is 6.76. The summed E-state index contributed by atoms with van der Waals surface area (Å²) in [6.45, 7) is 3.90. The van der Waals surface area contributed by atoms with Gasteiger partial charge in [-0.3, -0.25) is 5.11 Å². The molecule has 0 unspecified atom stereocenters. The quantitative estimate of drug-likeness (QED) is 0.546. The number of fused-ring (bicyclic) bond motifs is 1. The summed E-state index contributed by atoms with van der Waals surface area (Å²) >= 11 is 1.83. The summed E-state index contributed by atoms with van der Waals surface area (Å²) in [6, 6.07) is 18.8. The van der Waals surface area contributed by atoms with E-state index in [4.69, 9.17) is 0 Å². The first-order valence-corrected chi connectivity index (χ1v) is 8.51. The van der Waals surface area contributed by atoms with Crippen LogP contribution in [-0.4, -0.2) is 5.75 Å². The molecule has 22 heavy (non-hydrogen) atoms. The molecule has 111 valence electrons. The fourth-order valence-electron chi connectivity index (χ4n) is 2.70. The molecule has 3 aromatic carbocycles. The molecule has 0 bridgehead atoms. The third-order valence-electron chi connectivity index (χ3n) is 3.98. The third kappa shape index (κ3) is 3.12. The molecule has 1 radical (unpaired) electrons.